The van der Waals surface area contributed by atoms with E-state index in [1.54, 1.807) is 26.6 Å². The van der Waals surface area contributed by atoms with Crippen molar-refractivity contribution in [2.24, 2.45) is 0 Å². The smallest absolute Gasteiger partial charge is 0.275 e. The molecule has 1 unspecified atom stereocenters. The molecule has 3 aromatic carbocycles. The predicted molar refractivity (Wildman–Crippen MR) is 166 cm³/mol. The summed E-state index contributed by atoms with van der Waals surface area (Å²) in [6.07, 6.45) is 2.96. The molecule has 3 aliphatic rings. The van der Waals surface area contributed by atoms with Crippen LogP contribution in [0.1, 0.15) is 40.9 Å². The van der Waals surface area contributed by atoms with E-state index in [2.05, 4.69) is 0 Å². The first kappa shape index (κ1) is 28.5. The predicted octanol–water partition coefficient (Wildman–Crippen LogP) is 3.69. The van der Waals surface area contributed by atoms with E-state index in [0.29, 0.717) is 51.6 Å². The van der Waals surface area contributed by atoms with E-state index < -0.39 is 10.0 Å². The van der Waals surface area contributed by atoms with Gasteiger partial charge in [-0.15, -0.1) is 0 Å². The number of rotatable bonds is 6. The van der Waals surface area contributed by atoms with Gasteiger partial charge in [0, 0.05) is 44.7 Å². The van der Waals surface area contributed by atoms with Crippen molar-refractivity contribution >= 4 is 38.4 Å². The maximum atomic E-state index is 13.7. The number of hydrogen-bond donors (Lipinski definition) is 0. The number of aryl methyl sites for hydroxylation is 1. The summed E-state index contributed by atoms with van der Waals surface area (Å²) < 4.78 is 36.0. The molecule has 1 atom stereocenters. The Morgan fingerprint density at radius 1 is 0.841 bits per heavy atom. The molecule has 11 heteroatoms. The molecule has 228 valence electrons. The molecular formula is C33H35N5O5S. The fraction of sp³-hybridized carbons (Fsp3) is 0.364. The SMILES string of the molecule is O=C(c1nn(Cc2ccc(S(=O)(=O)N3CCCc4ccccc43)cc2)c2ccccc12)N1CCN(C(=O)C2CCCO2)CC1. The second-order valence-corrected chi connectivity index (χ2v) is 13.5. The van der Waals surface area contributed by atoms with E-state index in [4.69, 9.17) is 9.84 Å². The topological polar surface area (TPSA) is 105 Å². The van der Waals surface area contributed by atoms with Gasteiger partial charge in [0.2, 0.25) is 0 Å². The Morgan fingerprint density at radius 2 is 1.57 bits per heavy atom. The number of piperazine rings is 1. The molecular weight excluding hydrogens is 578 g/mol. The van der Waals surface area contributed by atoms with Gasteiger partial charge in [-0.05, 0) is 61.1 Å². The summed E-state index contributed by atoms with van der Waals surface area (Å²) in [5.41, 5.74) is 3.87. The Balaban J connectivity index is 1.07. The zero-order chi connectivity index (χ0) is 30.3. The lowest BCUT2D eigenvalue weighted by Crippen LogP contribution is -2.52. The molecule has 0 N–H and O–H groups in total. The van der Waals surface area contributed by atoms with Crippen LogP contribution in [0.15, 0.2) is 77.7 Å². The summed E-state index contributed by atoms with van der Waals surface area (Å²) in [5, 5.41) is 5.51. The van der Waals surface area contributed by atoms with Gasteiger partial charge in [-0.25, -0.2) is 8.42 Å². The van der Waals surface area contributed by atoms with E-state index in [-0.39, 0.29) is 22.8 Å². The Hall–Kier alpha value is -4.22. The van der Waals surface area contributed by atoms with Crippen LogP contribution in [-0.4, -0.2) is 85.2 Å². The summed E-state index contributed by atoms with van der Waals surface area (Å²) in [6, 6.07) is 22.2. The number of benzene rings is 3. The molecule has 44 heavy (non-hydrogen) atoms. The van der Waals surface area contributed by atoms with Gasteiger partial charge in [0.1, 0.15) is 6.10 Å². The highest BCUT2D eigenvalue weighted by Gasteiger charge is 2.33. The highest BCUT2D eigenvalue weighted by Crippen LogP contribution is 2.32. The first-order valence-electron chi connectivity index (χ1n) is 15.2. The zero-order valence-electron chi connectivity index (χ0n) is 24.5. The van der Waals surface area contributed by atoms with Crippen LogP contribution in [0.5, 0.6) is 0 Å². The zero-order valence-corrected chi connectivity index (χ0v) is 25.3. The molecule has 4 heterocycles. The Labute approximate surface area is 256 Å². The van der Waals surface area contributed by atoms with Crippen molar-refractivity contribution in [3.8, 4) is 0 Å². The third-order valence-electron chi connectivity index (χ3n) is 8.86. The van der Waals surface area contributed by atoms with Gasteiger partial charge in [0.15, 0.2) is 5.69 Å². The quantitative estimate of drug-likeness (QED) is 0.329. The molecule has 3 aliphatic heterocycles. The van der Waals surface area contributed by atoms with Crippen LogP contribution in [0.4, 0.5) is 5.69 Å². The van der Waals surface area contributed by atoms with Crippen molar-refractivity contribution in [3.05, 3.63) is 89.6 Å². The summed E-state index contributed by atoms with van der Waals surface area (Å²) in [6.45, 7) is 3.29. The average Bonchev–Trinajstić information content (AvgIpc) is 3.73. The van der Waals surface area contributed by atoms with Crippen LogP contribution in [0.2, 0.25) is 0 Å². The molecule has 10 nitrogen and oxygen atoms in total. The number of aromatic nitrogens is 2. The number of amides is 2. The third kappa shape index (κ3) is 5.24. The molecule has 7 rings (SSSR count). The number of ether oxygens (including phenoxy) is 1. The number of anilines is 1. The number of hydrogen-bond acceptors (Lipinski definition) is 6. The molecule has 2 saturated heterocycles. The number of nitrogens with zero attached hydrogens (tertiary/aromatic N) is 5. The summed E-state index contributed by atoms with van der Waals surface area (Å²) in [5.74, 6) is -0.142. The Kier molecular flexibility index (Phi) is 7.59. The fourth-order valence-electron chi connectivity index (χ4n) is 6.48. The first-order valence-corrected chi connectivity index (χ1v) is 16.7. The van der Waals surface area contributed by atoms with Gasteiger partial charge in [-0.2, -0.15) is 5.10 Å². The van der Waals surface area contributed by atoms with Crippen LogP contribution in [-0.2, 0) is 32.5 Å². The lowest BCUT2D eigenvalue weighted by atomic mass is 10.0. The van der Waals surface area contributed by atoms with Gasteiger partial charge in [-0.3, -0.25) is 18.6 Å². The van der Waals surface area contributed by atoms with Crippen molar-refractivity contribution in [3.63, 3.8) is 0 Å². The highest BCUT2D eigenvalue weighted by molar-refractivity contribution is 7.92. The summed E-state index contributed by atoms with van der Waals surface area (Å²) >= 11 is 0. The monoisotopic (exact) mass is 613 g/mol. The molecule has 0 spiro atoms. The fourth-order valence-corrected chi connectivity index (χ4v) is 8.02. The molecule has 2 amide bonds. The van der Waals surface area contributed by atoms with Gasteiger partial charge in [-0.1, -0.05) is 48.5 Å². The minimum atomic E-state index is -3.70. The van der Waals surface area contributed by atoms with Crippen LogP contribution in [0, 0.1) is 0 Å². The second-order valence-electron chi connectivity index (χ2n) is 11.6. The Bertz CT molecular complexity index is 1810. The molecule has 0 saturated carbocycles. The summed E-state index contributed by atoms with van der Waals surface area (Å²) in [7, 11) is -3.70. The van der Waals surface area contributed by atoms with Crippen molar-refractivity contribution in [1.29, 1.82) is 0 Å². The maximum absolute atomic E-state index is 13.7. The number of sulfonamides is 1. The van der Waals surface area contributed by atoms with Crippen LogP contribution in [0.3, 0.4) is 0 Å². The van der Waals surface area contributed by atoms with Crippen LogP contribution >= 0.6 is 0 Å². The van der Waals surface area contributed by atoms with Gasteiger partial charge >= 0.3 is 0 Å². The molecule has 0 radical (unpaired) electrons. The van der Waals surface area contributed by atoms with Gasteiger partial charge < -0.3 is 14.5 Å². The number of para-hydroxylation sites is 2. The van der Waals surface area contributed by atoms with Crippen LogP contribution in [0.25, 0.3) is 10.9 Å². The van der Waals surface area contributed by atoms with Crippen LogP contribution < -0.4 is 4.31 Å². The van der Waals surface area contributed by atoms with E-state index in [0.717, 1.165) is 53.4 Å². The van der Waals surface area contributed by atoms with Gasteiger partial charge in [0.25, 0.3) is 21.8 Å². The van der Waals surface area contributed by atoms with Crippen molar-refractivity contribution in [1.82, 2.24) is 19.6 Å². The largest absolute Gasteiger partial charge is 0.368 e. The first-order chi connectivity index (χ1) is 21.4. The molecule has 4 aromatic rings. The molecule has 0 bridgehead atoms. The minimum Gasteiger partial charge on any atom is -0.368 e. The normalized spacial score (nSPS) is 18.9. The van der Waals surface area contributed by atoms with E-state index >= 15 is 0 Å². The molecule has 1 aromatic heterocycles. The molecule has 2 fully saturated rings. The maximum Gasteiger partial charge on any atom is 0.275 e. The van der Waals surface area contributed by atoms with Crippen molar-refractivity contribution < 1.29 is 22.7 Å². The molecule has 0 aliphatic carbocycles. The van der Waals surface area contributed by atoms with E-state index in [9.17, 15) is 18.0 Å². The standard InChI is InChI=1S/C33H35N5O5S/c39-32(30-12-6-22-43-30)35-18-20-36(21-19-35)33(40)31-27-9-2-4-11-29(27)37(34-31)23-24-13-15-26(16-14-24)44(41,42)38-17-5-8-25-7-1-3-10-28(25)38/h1-4,7,9-11,13-16,30H,5-6,8,12,17-23H2. The van der Waals surface area contributed by atoms with Gasteiger partial charge in [0.05, 0.1) is 22.6 Å². The lowest BCUT2D eigenvalue weighted by molar-refractivity contribution is -0.142. The van der Waals surface area contributed by atoms with E-state index in [1.165, 1.54) is 4.31 Å². The average molecular weight is 614 g/mol. The van der Waals surface area contributed by atoms with Crippen molar-refractivity contribution in [2.75, 3.05) is 43.6 Å². The van der Waals surface area contributed by atoms with E-state index in [1.807, 2.05) is 60.7 Å². The second kappa shape index (κ2) is 11.7. The minimum absolute atomic E-state index is 0.0175. The third-order valence-corrected chi connectivity index (χ3v) is 10.7. The number of carbonyl (C=O) groups is 2. The Morgan fingerprint density at radius 3 is 2.34 bits per heavy atom. The highest BCUT2D eigenvalue weighted by atomic mass is 32.2. The summed E-state index contributed by atoms with van der Waals surface area (Å²) in [4.78, 5) is 30.2. The lowest BCUT2D eigenvalue weighted by Gasteiger charge is -2.35. The van der Waals surface area contributed by atoms with Crippen molar-refractivity contribution in [2.45, 2.75) is 43.2 Å². The number of carbonyl (C=O) groups excluding carboxylic acids is 2. The number of fused-ring (bicyclic) bond motifs is 2.